The van der Waals surface area contributed by atoms with Crippen LogP contribution in [0.15, 0.2) is 36.4 Å². The maximum Gasteiger partial charge on any atom is 0.272 e. The van der Waals surface area contributed by atoms with Crippen LogP contribution < -0.4 is 0 Å². The van der Waals surface area contributed by atoms with Crippen LogP contribution in [0.3, 0.4) is 0 Å². The zero-order valence-corrected chi connectivity index (χ0v) is 9.78. The van der Waals surface area contributed by atoms with Gasteiger partial charge in [0.15, 0.2) is 11.5 Å². The first kappa shape index (κ1) is 12.7. The average Bonchev–Trinajstić information content (AvgIpc) is 2.40. The van der Waals surface area contributed by atoms with E-state index < -0.39 is 22.2 Å². The molecule has 0 heterocycles. The lowest BCUT2D eigenvalue weighted by Gasteiger charge is -2.08. The minimum atomic E-state index is -0.629. The summed E-state index contributed by atoms with van der Waals surface area (Å²) in [6.07, 6.45) is 0.0802. The van der Waals surface area contributed by atoms with Crippen LogP contribution in [0.4, 0.5) is 5.69 Å². The van der Waals surface area contributed by atoms with Crippen LogP contribution in [-0.2, 0) is 6.42 Å². The van der Waals surface area contributed by atoms with Crippen LogP contribution in [0.5, 0.6) is 17.2 Å². The maximum atomic E-state index is 10.9. The molecular weight excluding hydrogens is 250 g/mol. The van der Waals surface area contributed by atoms with Crippen LogP contribution in [-0.4, -0.2) is 20.2 Å². The summed E-state index contributed by atoms with van der Waals surface area (Å²) < 4.78 is 0. The number of phenolic OH excluding ortho intramolecular Hbond substituents is 3. The molecule has 2 aromatic carbocycles. The Morgan fingerprint density at radius 3 is 2.32 bits per heavy atom. The SMILES string of the molecule is O=[N+]([O-])c1ccccc1Cc1ccc(O)c(O)c1O. The molecule has 6 heteroatoms. The molecule has 0 saturated heterocycles. The minimum Gasteiger partial charge on any atom is -0.504 e. The van der Waals surface area contributed by atoms with Gasteiger partial charge in [-0.25, -0.2) is 0 Å². The third-order valence-corrected chi connectivity index (χ3v) is 2.78. The van der Waals surface area contributed by atoms with Gasteiger partial charge in [0.1, 0.15) is 0 Å². The smallest absolute Gasteiger partial charge is 0.272 e. The van der Waals surface area contributed by atoms with Crippen molar-refractivity contribution in [2.45, 2.75) is 6.42 Å². The molecule has 0 saturated carbocycles. The molecule has 0 amide bonds. The summed E-state index contributed by atoms with van der Waals surface area (Å²) in [6, 6.07) is 8.77. The van der Waals surface area contributed by atoms with Crippen molar-refractivity contribution in [1.29, 1.82) is 0 Å². The monoisotopic (exact) mass is 261 g/mol. The van der Waals surface area contributed by atoms with Crippen molar-refractivity contribution < 1.29 is 20.2 Å². The Balaban J connectivity index is 2.42. The number of hydrogen-bond acceptors (Lipinski definition) is 5. The van der Waals surface area contributed by atoms with Gasteiger partial charge >= 0.3 is 0 Å². The standard InChI is InChI=1S/C13H11NO5/c15-11-6-5-9(12(16)13(11)17)7-8-3-1-2-4-10(8)14(18)19/h1-6,15-17H,7H2. The summed E-state index contributed by atoms with van der Waals surface area (Å²) >= 11 is 0. The number of hydrogen-bond donors (Lipinski definition) is 3. The number of aromatic hydroxyl groups is 3. The minimum absolute atomic E-state index is 0.0607. The largest absolute Gasteiger partial charge is 0.504 e. The van der Waals surface area contributed by atoms with E-state index >= 15 is 0 Å². The normalized spacial score (nSPS) is 10.3. The fourth-order valence-electron chi connectivity index (χ4n) is 1.80. The van der Waals surface area contributed by atoms with E-state index in [0.717, 1.165) is 0 Å². The molecule has 2 rings (SSSR count). The van der Waals surface area contributed by atoms with E-state index in [4.69, 9.17) is 0 Å². The number of phenols is 3. The van der Waals surface area contributed by atoms with Crippen LogP contribution >= 0.6 is 0 Å². The lowest BCUT2D eigenvalue weighted by atomic mass is 10.0. The highest BCUT2D eigenvalue weighted by Gasteiger charge is 2.16. The maximum absolute atomic E-state index is 10.9. The summed E-state index contributed by atoms with van der Waals surface area (Å²) in [5, 5.41) is 39.2. The Kier molecular flexibility index (Phi) is 3.24. The third kappa shape index (κ3) is 2.42. The van der Waals surface area contributed by atoms with Gasteiger partial charge in [-0.1, -0.05) is 24.3 Å². The fraction of sp³-hybridized carbons (Fsp3) is 0.0769. The average molecular weight is 261 g/mol. The van der Waals surface area contributed by atoms with Gasteiger partial charge in [-0.2, -0.15) is 0 Å². The molecule has 0 unspecified atom stereocenters. The first-order chi connectivity index (χ1) is 9.00. The summed E-state index contributed by atoms with van der Waals surface area (Å²) in [7, 11) is 0. The van der Waals surface area contributed by atoms with E-state index in [1.54, 1.807) is 18.2 Å². The second kappa shape index (κ2) is 4.85. The number of nitro groups is 1. The summed E-state index contributed by atoms with van der Waals surface area (Å²) in [5.41, 5.74) is 0.645. The fourth-order valence-corrected chi connectivity index (χ4v) is 1.80. The van der Waals surface area contributed by atoms with Crippen molar-refractivity contribution in [2.75, 3.05) is 0 Å². The first-order valence-corrected chi connectivity index (χ1v) is 5.45. The lowest BCUT2D eigenvalue weighted by molar-refractivity contribution is -0.385. The van der Waals surface area contributed by atoms with Gasteiger partial charge in [-0.05, 0) is 6.07 Å². The second-order valence-electron chi connectivity index (χ2n) is 4.00. The number of rotatable bonds is 3. The predicted octanol–water partition coefficient (Wildman–Crippen LogP) is 2.30. The predicted molar refractivity (Wildman–Crippen MR) is 67.3 cm³/mol. The number of benzene rings is 2. The summed E-state index contributed by atoms with van der Waals surface area (Å²) in [4.78, 5) is 10.4. The van der Waals surface area contributed by atoms with Crippen LogP contribution in [0.1, 0.15) is 11.1 Å². The van der Waals surface area contributed by atoms with Crippen molar-refractivity contribution in [1.82, 2.24) is 0 Å². The first-order valence-electron chi connectivity index (χ1n) is 5.45. The van der Waals surface area contributed by atoms with Gasteiger partial charge < -0.3 is 15.3 Å². The Morgan fingerprint density at radius 2 is 1.63 bits per heavy atom. The number of nitrogens with zero attached hydrogens (tertiary/aromatic N) is 1. The molecule has 0 aromatic heterocycles. The quantitative estimate of drug-likeness (QED) is 0.446. The van der Waals surface area contributed by atoms with Gasteiger partial charge in [0.2, 0.25) is 5.75 Å². The Hall–Kier alpha value is -2.76. The lowest BCUT2D eigenvalue weighted by Crippen LogP contribution is -1.96. The van der Waals surface area contributed by atoms with Gasteiger partial charge in [0, 0.05) is 23.6 Å². The molecule has 19 heavy (non-hydrogen) atoms. The van der Waals surface area contributed by atoms with Gasteiger partial charge in [-0.3, -0.25) is 10.1 Å². The van der Waals surface area contributed by atoms with Gasteiger partial charge in [0.25, 0.3) is 5.69 Å². The molecule has 2 aromatic rings. The van der Waals surface area contributed by atoms with E-state index in [1.165, 1.54) is 18.2 Å². The molecule has 0 aliphatic rings. The van der Waals surface area contributed by atoms with E-state index in [1.807, 2.05) is 0 Å². The van der Waals surface area contributed by atoms with Crippen molar-refractivity contribution >= 4 is 5.69 Å². The van der Waals surface area contributed by atoms with E-state index in [9.17, 15) is 25.4 Å². The molecule has 0 atom stereocenters. The second-order valence-corrected chi connectivity index (χ2v) is 4.00. The highest BCUT2D eigenvalue weighted by molar-refractivity contribution is 5.55. The Labute approximate surface area is 108 Å². The summed E-state index contributed by atoms with van der Waals surface area (Å²) in [5.74, 6) is -1.54. The molecule has 0 aliphatic heterocycles. The number of para-hydroxylation sites is 1. The summed E-state index contributed by atoms with van der Waals surface area (Å²) in [6.45, 7) is 0. The zero-order chi connectivity index (χ0) is 14.0. The van der Waals surface area contributed by atoms with Crippen LogP contribution in [0.2, 0.25) is 0 Å². The molecule has 6 nitrogen and oxygen atoms in total. The van der Waals surface area contributed by atoms with E-state index in [2.05, 4.69) is 0 Å². The molecule has 0 bridgehead atoms. The van der Waals surface area contributed by atoms with Crippen LogP contribution in [0, 0.1) is 10.1 Å². The molecule has 3 N–H and O–H groups in total. The number of nitro benzene ring substituents is 1. The molecule has 0 spiro atoms. The molecular formula is C13H11NO5. The third-order valence-electron chi connectivity index (χ3n) is 2.78. The van der Waals surface area contributed by atoms with E-state index in [-0.39, 0.29) is 12.1 Å². The molecule has 0 aliphatic carbocycles. The van der Waals surface area contributed by atoms with Gasteiger partial charge in [0.05, 0.1) is 4.92 Å². The topological polar surface area (TPSA) is 104 Å². The molecule has 98 valence electrons. The zero-order valence-electron chi connectivity index (χ0n) is 9.78. The van der Waals surface area contributed by atoms with E-state index in [0.29, 0.717) is 11.1 Å². The van der Waals surface area contributed by atoms with Crippen LogP contribution in [0.25, 0.3) is 0 Å². The van der Waals surface area contributed by atoms with Crippen molar-refractivity contribution in [3.63, 3.8) is 0 Å². The Morgan fingerprint density at radius 1 is 0.947 bits per heavy atom. The Bertz CT molecular complexity index is 639. The van der Waals surface area contributed by atoms with Gasteiger partial charge in [-0.15, -0.1) is 0 Å². The van der Waals surface area contributed by atoms with Crippen molar-refractivity contribution in [3.8, 4) is 17.2 Å². The molecule has 0 radical (unpaired) electrons. The van der Waals surface area contributed by atoms with Crippen molar-refractivity contribution in [2.24, 2.45) is 0 Å². The highest BCUT2D eigenvalue weighted by Crippen LogP contribution is 2.38. The molecule has 0 fully saturated rings. The van der Waals surface area contributed by atoms with Crippen molar-refractivity contribution in [3.05, 3.63) is 57.6 Å². The highest BCUT2D eigenvalue weighted by atomic mass is 16.6.